The van der Waals surface area contributed by atoms with Crippen LogP contribution in [0.15, 0.2) is 24.7 Å². The van der Waals surface area contributed by atoms with Gasteiger partial charge in [0, 0.05) is 17.7 Å². The van der Waals surface area contributed by atoms with Gasteiger partial charge in [-0.05, 0) is 13.2 Å². The van der Waals surface area contributed by atoms with Crippen LogP contribution < -0.4 is 4.90 Å². The second kappa shape index (κ2) is 7.68. The lowest BCUT2D eigenvalue weighted by Gasteiger charge is -2.38. The van der Waals surface area contributed by atoms with Gasteiger partial charge in [-0.3, -0.25) is 9.78 Å². The van der Waals surface area contributed by atoms with Gasteiger partial charge in [0.1, 0.15) is 5.82 Å². The number of aromatic nitrogens is 3. The van der Waals surface area contributed by atoms with Gasteiger partial charge in [0.15, 0.2) is 0 Å². The Balaban J connectivity index is 2.47. The Morgan fingerprint density at radius 2 is 2.12 bits per heavy atom. The highest BCUT2D eigenvalue weighted by Crippen LogP contribution is 2.27. The van der Waals surface area contributed by atoms with Gasteiger partial charge in [0.2, 0.25) is 5.91 Å². The summed E-state index contributed by atoms with van der Waals surface area (Å²) in [5, 5.41) is 2.39. The van der Waals surface area contributed by atoms with E-state index in [1.54, 1.807) is 13.8 Å². The largest absolute Gasteiger partial charge is 0.329 e. The average molecular weight is 352 g/mol. The summed E-state index contributed by atoms with van der Waals surface area (Å²) < 4.78 is 14.8. The SMILES string of the molecule is [B]C([B])([B])N(C(=O)C(C)CSC)c1cn(-c2cncc(F)c2)nc1C. The monoisotopic (exact) mass is 352 g/mol. The number of hydrogen-bond donors (Lipinski definition) is 0. The molecule has 0 aliphatic rings. The third-order valence-electron chi connectivity index (χ3n) is 3.51. The first-order valence-electron chi connectivity index (χ1n) is 7.52. The van der Waals surface area contributed by atoms with Crippen LogP contribution in [0.25, 0.3) is 5.69 Å². The topological polar surface area (TPSA) is 51.0 Å². The van der Waals surface area contributed by atoms with Gasteiger partial charge in [-0.1, -0.05) is 12.2 Å². The molecule has 124 valence electrons. The zero-order valence-corrected chi connectivity index (χ0v) is 15.1. The standard InChI is InChI=1S/C15H16B3FN4OS/c1-9(8-25-3)14(24)23(15(16,17)18)13-7-22(21-10(13)2)12-4-11(19)5-20-6-12/h4-7,9H,8H2,1-3H3. The van der Waals surface area contributed by atoms with E-state index in [-0.39, 0.29) is 11.8 Å². The molecule has 1 unspecified atom stereocenters. The van der Waals surface area contributed by atoms with Crippen LogP contribution in [0.4, 0.5) is 10.1 Å². The number of carbonyl (C=O) groups excluding carboxylic acids is 1. The van der Waals surface area contributed by atoms with Crippen molar-refractivity contribution < 1.29 is 9.18 Å². The molecule has 2 aromatic heterocycles. The van der Waals surface area contributed by atoms with Crippen LogP contribution in [0.5, 0.6) is 0 Å². The molecule has 0 N–H and O–H groups in total. The average Bonchev–Trinajstić information content (AvgIpc) is 2.88. The fourth-order valence-corrected chi connectivity index (χ4v) is 3.03. The molecule has 6 radical (unpaired) electrons. The van der Waals surface area contributed by atoms with Crippen LogP contribution >= 0.6 is 11.8 Å². The first-order chi connectivity index (χ1) is 11.6. The maximum atomic E-state index is 13.4. The van der Waals surface area contributed by atoms with Gasteiger partial charge in [-0.15, -0.1) is 0 Å². The molecule has 0 spiro atoms. The second-order valence-corrected chi connectivity index (χ2v) is 6.73. The minimum absolute atomic E-state index is 0.318. The maximum Gasteiger partial charge on any atom is 0.229 e. The van der Waals surface area contributed by atoms with Gasteiger partial charge < -0.3 is 4.90 Å². The minimum Gasteiger partial charge on any atom is -0.329 e. The number of thioether (sulfide) groups is 1. The van der Waals surface area contributed by atoms with Gasteiger partial charge in [0.05, 0.1) is 59.2 Å². The first-order valence-corrected chi connectivity index (χ1v) is 8.91. The summed E-state index contributed by atoms with van der Waals surface area (Å²) in [7, 11) is 17.5. The van der Waals surface area contributed by atoms with Crippen LogP contribution in [-0.4, -0.2) is 61.5 Å². The number of rotatable bonds is 6. The van der Waals surface area contributed by atoms with E-state index < -0.39 is 11.1 Å². The Morgan fingerprint density at radius 1 is 1.44 bits per heavy atom. The molecule has 0 saturated carbocycles. The number of anilines is 1. The summed E-state index contributed by atoms with van der Waals surface area (Å²) in [6.07, 6.45) is 5.96. The molecule has 0 aliphatic carbocycles. The third-order valence-corrected chi connectivity index (χ3v) is 4.35. The van der Waals surface area contributed by atoms with E-state index in [0.717, 1.165) is 11.1 Å². The zero-order valence-electron chi connectivity index (χ0n) is 14.3. The molecule has 0 aromatic carbocycles. The summed E-state index contributed by atoms with van der Waals surface area (Å²) >= 11 is 1.53. The number of pyridine rings is 1. The number of nitrogens with zero attached hydrogens (tertiary/aromatic N) is 4. The highest BCUT2D eigenvalue weighted by molar-refractivity contribution is 7.98. The van der Waals surface area contributed by atoms with Crippen LogP contribution in [-0.2, 0) is 4.79 Å². The normalized spacial score (nSPS) is 12.8. The fraction of sp³-hybridized carbons (Fsp3) is 0.400. The quantitative estimate of drug-likeness (QED) is 0.733. The molecular weight excluding hydrogens is 336 g/mol. The molecule has 0 saturated heterocycles. The molecular formula is C15H16B3FN4OS. The predicted octanol–water partition coefficient (Wildman–Crippen LogP) is 1.16. The van der Waals surface area contributed by atoms with Crippen molar-refractivity contribution in [3.05, 3.63) is 36.2 Å². The summed E-state index contributed by atoms with van der Waals surface area (Å²) in [6, 6.07) is 1.27. The molecule has 25 heavy (non-hydrogen) atoms. The molecule has 2 aromatic rings. The van der Waals surface area contributed by atoms with Crippen molar-refractivity contribution >= 4 is 46.9 Å². The van der Waals surface area contributed by atoms with Crippen LogP contribution in [0.2, 0.25) is 0 Å². The minimum atomic E-state index is -1.90. The van der Waals surface area contributed by atoms with E-state index in [2.05, 4.69) is 10.1 Å². The lowest BCUT2D eigenvalue weighted by Crippen LogP contribution is -2.56. The molecule has 0 aliphatic heterocycles. The van der Waals surface area contributed by atoms with Crippen molar-refractivity contribution in [2.75, 3.05) is 16.9 Å². The lowest BCUT2D eigenvalue weighted by molar-refractivity contribution is -0.121. The molecule has 5 nitrogen and oxygen atoms in total. The Hall–Kier alpha value is -1.70. The highest BCUT2D eigenvalue weighted by Gasteiger charge is 2.32. The molecule has 2 heterocycles. The second-order valence-electron chi connectivity index (χ2n) is 5.82. The van der Waals surface area contributed by atoms with E-state index >= 15 is 0 Å². The van der Waals surface area contributed by atoms with E-state index in [4.69, 9.17) is 23.5 Å². The number of halogens is 1. The van der Waals surface area contributed by atoms with Gasteiger partial charge in [-0.2, -0.15) is 16.9 Å². The third kappa shape index (κ3) is 4.48. The Morgan fingerprint density at radius 3 is 2.68 bits per heavy atom. The number of hydrogen-bond acceptors (Lipinski definition) is 4. The molecule has 1 amide bonds. The summed E-state index contributed by atoms with van der Waals surface area (Å²) in [4.78, 5) is 17.7. The van der Waals surface area contributed by atoms with Crippen molar-refractivity contribution in [2.45, 2.75) is 19.1 Å². The molecule has 1 atom stereocenters. The van der Waals surface area contributed by atoms with Crippen LogP contribution in [0.1, 0.15) is 12.6 Å². The summed E-state index contributed by atoms with van der Waals surface area (Å²) in [6.45, 7) is 3.46. The highest BCUT2D eigenvalue weighted by atomic mass is 32.2. The number of amides is 1. The van der Waals surface area contributed by atoms with E-state index in [0.29, 0.717) is 22.8 Å². The van der Waals surface area contributed by atoms with Gasteiger partial charge in [-0.25, -0.2) is 9.07 Å². The van der Waals surface area contributed by atoms with E-state index in [1.165, 1.54) is 34.9 Å². The Labute approximate surface area is 155 Å². The zero-order chi connectivity index (χ0) is 18.8. The summed E-state index contributed by atoms with van der Waals surface area (Å²) in [5.74, 6) is -0.572. The number of carbonyl (C=O) groups is 1. The first kappa shape index (κ1) is 19.6. The predicted molar refractivity (Wildman–Crippen MR) is 101 cm³/mol. The van der Waals surface area contributed by atoms with E-state index in [9.17, 15) is 9.18 Å². The fourth-order valence-electron chi connectivity index (χ4n) is 2.39. The molecule has 2 rings (SSSR count). The van der Waals surface area contributed by atoms with E-state index in [1.807, 2.05) is 6.26 Å². The number of aryl methyl sites for hydroxylation is 1. The molecule has 10 heteroatoms. The van der Waals surface area contributed by atoms with Crippen molar-refractivity contribution in [1.29, 1.82) is 0 Å². The summed E-state index contributed by atoms with van der Waals surface area (Å²) in [5.41, 5.74) is 1.23. The molecule has 0 fully saturated rings. The van der Waals surface area contributed by atoms with Gasteiger partial charge in [0.25, 0.3) is 0 Å². The van der Waals surface area contributed by atoms with Crippen LogP contribution in [0.3, 0.4) is 0 Å². The van der Waals surface area contributed by atoms with Crippen molar-refractivity contribution in [2.24, 2.45) is 5.92 Å². The smallest absolute Gasteiger partial charge is 0.229 e. The van der Waals surface area contributed by atoms with Crippen molar-refractivity contribution in [3.63, 3.8) is 0 Å². The van der Waals surface area contributed by atoms with Crippen LogP contribution in [0, 0.1) is 18.7 Å². The van der Waals surface area contributed by atoms with Crippen molar-refractivity contribution in [1.82, 2.24) is 14.8 Å². The Kier molecular flexibility index (Phi) is 6.03. The van der Waals surface area contributed by atoms with Crippen molar-refractivity contribution in [3.8, 4) is 5.69 Å². The molecule has 0 bridgehead atoms. The lowest BCUT2D eigenvalue weighted by atomic mass is 9.48. The maximum absolute atomic E-state index is 13.4. The van der Waals surface area contributed by atoms with Gasteiger partial charge >= 0.3 is 0 Å². The Bertz CT molecular complexity index is 765.